The number of hydrogen-bond acceptors (Lipinski definition) is 4. The molecular weight excluding hydrogens is 342 g/mol. The van der Waals surface area contributed by atoms with E-state index in [2.05, 4.69) is 22.0 Å². The van der Waals surface area contributed by atoms with Gasteiger partial charge in [-0.3, -0.25) is 19.2 Å². The Morgan fingerprint density at radius 3 is 2.37 bits per heavy atom. The first-order chi connectivity index (χ1) is 12.9. The molecule has 0 saturated carbocycles. The number of nitrogens with zero attached hydrogens (tertiary/aromatic N) is 4. The molecule has 2 aromatic rings. The number of likely N-dealkylation sites (N-methyl/N-ethyl adjacent to an activating group) is 1. The first-order valence-corrected chi connectivity index (χ1v) is 9.55. The van der Waals surface area contributed by atoms with E-state index in [1.807, 2.05) is 51.2 Å². The van der Waals surface area contributed by atoms with Crippen LogP contribution in [0.2, 0.25) is 0 Å². The Balaban J connectivity index is 1.78. The Morgan fingerprint density at radius 2 is 1.78 bits per heavy atom. The van der Waals surface area contributed by atoms with Crippen LogP contribution in [0.4, 0.5) is 5.69 Å². The van der Waals surface area contributed by atoms with Gasteiger partial charge in [-0.05, 0) is 32.5 Å². The van der Waals surface area contributed by atoms with E-state index in [-0.39, 0.29) is 17.5 Å². The zero-order chi connectivity index (χ0) is 19.6. The van der Waals surface area contributed by atoms with Crippen LogP contribution in [0.5, 0.6) is 0 Å². The minimum Gasteiger partial charge on any atom is -0.319 e. The maximum Gasteiger partial charge on any atom is 0.295 e. The summed E-state index contributed by atoms with van der Waals surface area (Å²) < 4.78 is 3.35. The maximum absolute atomic E-state index is 12.9. The third-order valence-corrected chi connectivity index (χ3v) is 5.58. The third kappa shape index (κ3) is 3.84. The van der Waals surface area contributed by atoms with Crippen molar-refractivity contribution in [3.05, 3.63) is 46.4 Å². The fourth-order valence-corrected chi connectivity index (χ4v) is 3.57. The van der Waals surface area contributed by atoms with Gasteiger partial charge < -0.3 is 10.2 Å². The summed E-state index contributed by atoms with van der Waals surface area (Å²) in [6.45, 7) is 10.6. The van der Waals surface area contributed by atoms with E-state index < -0.39 is 0 Å². The minimum atomic E-state index is -0.270. The highest BCUT2D eigenvalue weighted by Gasteiger charge is 2.27. The van der Waals surface area contributed by atoms with E-state index in [4.69, 9.17) is 0 Å². The molecular formula is C20H29N5O2. The second-order valence-electron chi connectivity index (χ2n) is 7.07. The van der Waals surface area contributed by atoms with E-state index >= 15 is 0 Å². The number of piperazine rings is 1. The lowest BCUT2D eigenvalue weighted by Crippen LogP contribution is -2.52. The second kappa shape index (κ2) is 8.10. The molecule has 1 fully saturated rings. The standard InChI is InChI=1S/C20H29N5O2/c1-5-23-11-13-24(14-12-23)16(3)19(26)21-18-15(2)22(4)25(20(18)27)17-9-7-6-8-10-17/h6-10,16H,5,11-14H2,1-4H3,(H,21,26)/t16-/m0/s1. The van der Waals surface area contributed by atoms with Crippen molar-refractivity contribution in [2.45, 2.75) is 26.8 Å². The van der Waals surface area contributed by atoms with Crippen LogP contribution in [0, 0.1) is 6.92 Å². The van der Waals surface area contributed by atoms with Gasteiger partial charge >= 0.3 is 0 Å². The number of benzene rings is 1. The van der Waals surface area contributed by atoms with Gasteiger partial charge in [-0.1, -0.05) is 25.1 Å². The average molecular weight is 371 g/mol. The Kier molecular flexibility index (Phi) is 5.82. The van der Waals surface area contributed by atoms with Gasteiger partial charge in [-0.25, -0.2) is 4.68 Å². The lowest BCUT2D eigenvalue weighted by atomic mass is 10.2. The highest BCUT2D eigenvalue weighted by Crippen LogP contribution is 2.15. The van der Waals surface area contributed by atoms with Gasteiger partial charge in [0.05, 0.1) is 17.4 Å². The topological polar surface area (TPSA) is 62.5 Å². The van der Waals surface area contributed by atoms with Crippen LogP contribution in [0.25, 0.3) is 5.69 Å². The normalized spacial score (nSPS) is 17.0. The number of hydrogen-bond donors (Lipinski definition) is 1. The molecule has 0 radical (unpaired) electrons. The number of nitrogens with one attached hydrogen (secondary N) is 1. The fourth-order valence-electron chi connectivity index (χ4n) is 3.57. The summed E-state index contributed by atoms with van der Waals surface area (Å²) in [6, 6.07) is 9.17. The predicted molar refractivity (Wildman–Crippen MR) is 108 cm³/mol. The highest BCUT2D eigenvalue weighted by molar-refractivity contribution is 5.95. The molecule has 0 aliphatic carbocycles. The number of aromatic nitrogens is 2. The molecule has 3 rings (SSSR count). The zero-order valence-electron chi connectivity index (χ0n) is 16.6. The second-order valence-corrected chi connectivity index (χ2v) is 7.07. The minimum absolute atomic E-state index is 0.133. The molecule has 2 heterocycles. The number of carbonyl (C=O) groups is 1. The van der Waals surface area contributed by atoms with Crippen molar-refractivity contribution in [1.29, 1.82) is 0 Å². The third-order valence-electron chi connectivity index (χ3n) is 5.58. The van der Waals surface area contributed by atoms with Gasteiger partial charge in [0.2, 0.25) is 5.91 Å². The first-order valence-electron chi connectivity index (χ1n) is 9.55. The van der Waals surface area contributed by atoms with E-state index in [0.717, 1.165) is 44.1 Å². The van der Waals surface area contributed by atoms with Gasteiger partial charge in [-0.2, -0.15) is 0 Å². The van der Waals surface area contributed by atoms with Crippen LogP contribution in [0.15, 0.2) is 35.1 Å². The Hall–Kier alpha value is -2.38. The lowest BCUT2D eigenvalue weighted by Gasteiger charge is -2.36. The summed E-state index contributed by atoms with van der Waals surface area (Å²) in [7, 11) is 1.83. The number of para-hydroxylation sites is 1. The molecule has 146 valence electrons. The summed E-state index contributed by atoms with van der Waals surface area (Å²) in [5.74, 6) is -0.133. The number of anilines is 1. The van der Waals surface area contributed by atoms with Gasteiger partial charge in [0.25, 0.3) is 5.56 Å². The molecule has 7 heteroatoms. The van der Waals surface area contributed by atoms with Crippen molar-refractivity contribution >= 4 is 11.6 Å². The smallest absolute Gasteiger partial charge is 0.295 e. The Bertz CT molecular complexity index is 847. The highest BCUT2D eigenvalue weighted by atomic mass is 16.2. The SMILES string of the molecule is CCN1CCN([C@@H](C)C(=O)Nc2c(C)n(C)n(-c3ccccc3)c2=O)CC1. The fraction of sp³-hybridized carbons (Fsp3) is 0.500. The molecule has 0 unspecified atom stereocenters. The van der Waals surface area contributed by atoms with Gasteiger partial charge in [0, 0.05) is 33.2 Å². The summed E-state index contributed by atoms with van der Waals surface area (Å²) in [5.41, 5.74) is 1.65. The molecule has 27 heavy (non-hydrogen) atoms. The molecule has 7 nitrogen and oxygen atoms in total. The van der Waals surface area contributed by atoms with E-state index in [9.17, 15) is 9.59 Å². The van der Waals surface area contributed by atoms with Crippen LogP contribution in [0.1, 0.15) is 19.5 Å². The summed E-state index contributed by atoms with van der Waals surface area (Å²) in [4.78, 5) is 30.3. The van der Waals surface area contributed by atoms with Crippen molar-refractivity contribution in [3.8, 4) is 5.69 Å². The van der Waals surface area contributed by atoms with E-state index in [1.165, 1.54) is 0 Å². The molecule has 0 bridgehead atoms. The van der Waals surface area contributed by atoms with Crippen molar-refractivity contribution in [1.82, 2.24) is 19.2 Å². The molecule has 1 saturated heterocycles. The monoisotopic (exact) mass is 371 g/mol. The molecule has 1 N–H and O–H groups in total. The molecule has 1 atom stereocenters. The van der Waals surface area contributed by atoms with E-state index in [0.29, 0.717) is 5.69 Å². The van der Waals surface area contributed by atoms with Crippen molar-refractivity contribution in [3.63, 3.8) is 0 Å². The van der Waals surface area contributed by atoms with Crippen LogP contribution in [0.3, 0.4) is 0 Å². The lowest BCUT2D eigenvalue weighted by molar-refractivity contribution is -0.121. The quantitative estimate of drug-likeness (QED) is 0.864. The van der Waals surface area contributed by atoms with E-state index in [1.54, 1.807) is 9.36 Å². The molecule has 1 aliphatic heterocycles. The first kappa shape index (κ1) is 19.4. The summed E-state index contributed by atoms with van der Waals surface area (Å²) in [6.07, 6.45) is 0. The van der Waals surface area contributed by atoms with Crippen LogP contribution >= 0.6 is 0 Å². The number of rotatable bonds is 5. The maximum atomic E-state index is 12.9. The molecule has 0 spiro atoms. The van der Waals surface area contributed by atoms with Gasteiger partial charge in [-0.15, -0.1) is 0 Å². The van der Waals surface area contributed by atoms with Crippen molar-refractivity contribution in [2.75, 3.05) is 38.0 Å². The number of carbonyl (C=O) groups excluding carboxylic acids is 1. The van der Waals surface area contributed by atoms with Gasteiger partial charge in [0.15, 0.2) is 0 Å². The molecule has 1 aromatic heterocycles. The zero-order valence-corrected chi connectivity index (χ0v) is 16.6. The summed E-state index contributed by atoms with van der Waals surface area (Å²) >= 11 is 0. The van der Waals surface area contributed by atoms with Crippen molar-refractivity contribution in [2.24, 2.45) is 7.05 Å². The summed E-state index contributed by atoms with van der Waals surface area (Å²) in [5, 5.41) is 2.88. The Labute approximate surface area is 160 Å². The molecule has 1 aromatic carbocycles. The molecule has 1 amide bonds. The number of amides is 1. The van der Waals surface area contributed by atoms with Crippen LogP contribution < -0.4 is 10.9 Å². The largest absolute Gasteiger partial charge is 0.319 e. The van der Waals surface area contributed by atoms with Crippen molar-refractivity contribution < 1.29 is 4.79 Å². The van der Waals surface area contributed by atoms with Crippen LogP contribution in [-0.4, -0.2) is 63.8 Å². The van der Waals surface area contributed by atoms with Gasteiger partial charge in [0.1, 0.15) is 5.69 Å². The van der Waals surface area contributed by atoms with Crippen LogP contribution in [-0.2, 0) is 11.8 Å². The Morgan fingerprint density at radius 1 is 1.15 bits per heavy atom. The molecule has 1 aliphatic rings. The average Bonchev–Trinajstić information content (AvgIpc) is 2.91. The predicted octanol–water partition coefficient (Wildman–Crippen LogP) is 1.45.